The second-order valence-corrected chi connectivity index (χ2v) is 1.73. The van der Waals surface area contributed by atoms with Crippen molar-refractivity contribution in [2.45, 2.75) is 20.1 Å². The minimum absolute atomic E-state index is 0.185. The first-order valence-corrected chi connectivity index (χ1v) is 2.08. The first kappa shape index (κ1) is 5.92. The molecular formula is C4H11NO. The van der Waals surface area contributed by atoms with Gasteiger partial charge in [0.25, 0.3) is 0 Å². The lowest BCUT2D eigenvalue weighted by atomic mass is 10.2. The number of hydrogen-bond acceptors (Lipinski definition) is 2. The first-order chi connectivity index (χ1) is 2.64. The summed E-state index contributed by atoms with van der Waals surface area (Å²) < 4.78 is 0. The molecule has 0 fully saturated rings. The summed E-state index contributed by atoms with van der Waals surface area (Å²) in [7, 11) is 0. The third kappa shape index (κ3) is 2.18. The van der Waals surface area contributed by atoms with E-state index in [1.165, 1.54) is 0 Å². The molecule has 0 aliphatic carbocycles. The summed E-state index contributed by atoms with van der Waals surface area (Å²) in [6.07, 6.45) is -0.648. The molecule has 0 aromatic rings. The van der Waals surface area contributed by atoms with Gasteiger partial charge in [0.1, 0.15) is 6.23 Å². The van der Waals surface area contributed by atoms with E-state index in [0.717, 1.165) is 0 Å². The fraction of sp³-hybridized carbons (Fsp3) is 1.00. The Kier molecular flexibility index (Phi) is 2.13. The Balaban J connectivity index is 2.99. The van der Waals surface area contributed by atoms with Crippen molar-refractivity contribution in [3.8, 4) is 0 Å². The molecule has 0 spiro atoms. The van der Waals surface area contributed by atoms with E-state index in [1.54, 1.807) is 0 Å². The molecule has 0 bridgehead atoms. The van der Waals surface area contributed by atoms with E-state index in [9.17, 15) is 0 Å². The van der Waals surface area contributed by atoms with Gasteiger partial charge in [-0.3, -0.25) is 0 Å². The van der Waals surface area contributed by atoms with Crippen molar-refractivity contribution >= 4 is 0 Å². The topological polar surface area (TPSA) is 46.2 Å². The molecule has 1 atom stereocenters. The first-order valence-electron chi connectivity index (χ1n) is 2.08. The number of nitrogens with two attached hydrogens (primary N) is 1. The minimum atomic E-state index is -0.648. The minimum Gasteiger partial charge on any atom is -0.379 e. The fourth-order valence-corrected chi connectivity index (χ4v) is 0. The maximum atomic E-state index is 8.41. The van der Waals surface area contributed by atoms with Crippen LogP contribution in [0, 0.1) is 5.92 Å². The van der Waals surface area contributed by atoms with Gasteiger partial charge in [-0.25, -0.2) is 0 Å². The van der Waals surface area contributed by atoms with Crippen LogP contribution in [0.15, 0.2) is 0 Å². The van der Waals surface area contributed by atoms with E-state index in [4.69, 9.17) is 10.8 Å². The van der Waals surface area contributed by atoms with Crippen molar-refractivity contribution in [1.29, 1.82) is 0 Å². The van der Waals surface area contributed by atoms with Crippen LogP contribution in [-0.2, 0) is 0 Å². The summed E-state index contributed by atoms with van der Waals surface area (Å²) in [5.74, 6) is 0.185. The van der Waals surface area contributed by atoms with Crippen LogP contribution in [0.3, 0.4) is 0 Å². The summed E-state index contributed by atoms with van der Waals surface area (Å²) in [4.78, 5) is 0. The molecule has 2 heteroatoms. The lowest BCUT2D eigenvalue weighted by Gasteiger charge is -2.04. The van der Waals surface area contributed by atoms with Crippen molar-refractivity contribution in [3.63, 3.8) is 0 Å². The van der Waals surface area contributed by atoms with Gasteiger partial charge in [-0.05, 0) is 5.92 Å². The van der Waals surface area contributed by atoms with Gasteiger partial charge in [-0.15, -0.1) is 0 Å². The van der Waals surface area contributed by atoms with E-state index in [1.807, 2.05) is 13.8 Å². The Hall–Kier alpha value is -0.0800. The van der Waals surface area contributed by atoms with Crippen LogP contribution < -0.4 is 5.73 Å². The van der Waals surface area contributed by atoms with Crippen LogP contribution in [-0.4, -0.2) is 11.3 Å². The van der Waals surface area contributed by atoms with Crippen molar-refractivity contribution < 1.29 is 5.11 Å². The molecule has 0 radical (unpaired) electrons. The van der Waals surface area contributed by atoms with Crippen LogP contribution in [0.4, 0.5) is 0 Å². The zero-order valence-corrected chi connectivity index (χ0v) is 4.18. The normalized spacial score (nSPS) is 15.5. The van der Waals surface area contributed by atoms with Crippen LogP contribution in [0.25, 0.3) is 0 Å². The third-order valence-electron chi connectivity index (χ3n) is 0.683. The zero-order valence-electron chi connectivity index (χ0n) is 4.18. The zero-order chi connectivity index (χ0) is 5.15. The Bertz CT molecular complexity index is 28.5. The predicted octanol–water partition coefficient (Wildman–Crippen LogP) is -0.0805. The Morgan fingerprint density at radius 3 is 1.67 bits per heavy atom. The molecule has 0 saturated heterocycles. The maximum absolute atomic E-state index is 8.41. The number of aliphatic hydroxyl groups is 1. The summed E-state index contributed by atoms with van der Waals surface area (Å²) in [5, 5.41) is 8.41. The molecule has 0 heterocycles. The molecule has 0 aromatic heterocycles. The van der Waals surface area contributed by atoms with Gasteiger partial charge in [0.05, 0.1) is 0 Å². The molecule has 3 N–H and O–H groups in total. The van der Waals surface area contributed by atoms with Crippen molar-refractivity contribution in [2.24, 2.45) is 11.7 Å². The lowest BCUT2D eigenvalue weighted by molar-refractivity contribution is 0.132. The summed E-state index contributed by atoms with van der Waals surface area (Å²) in [6.45, 7) is 3.73. The largest absolute Gasteiger partial charge is 0.379 e. The molecule has 0 amide bonds. The molecular weight excluding hydrogens is 78.0 g/mol. The highest BCUT2D eigenvalue weighted by molar-refractivity contribution is 4.46. The average molecular weight is 89.1 g/mol. The van der Waals surface area contributed by atoms with E-state index < -0.39 is 6.23 Å². The number of aliphatic hydroxyl groups excluding tert-OH is 1. The van der Waals surface area contributed by atoms with Gasteiger partial charge in [0.15, 0.2) is 0 Å². The molecule has 0 unspecified atom stereocenters. The summed E-state index contributed by atoms with van der Waals surface area (Å²) >= 11 is 0. The van der Waals surface area contributed by atoms with Gasteiger partial charge in [0, 0.05) is 0 Å². The standard InChI is InChI=1S/C4H11NO/c1-3(2)4(5)6/h3-4,6H,5H2,1-2H3/t4-/m0/s1. The summed E-state index contributed by atoms with van der Waals surface area (Å²) in [5.41, 5.74) is 4.99. The van der Waals surface area contributed by atoms with Crippen molar-refractivity contribution in [3.05, 3.63) is 0 Å². The van der Waals surface area contributed by atoms with Gasteiger partial charge >= 0.3 is 0 Å². The van der Waals surface area contributed by atoms with Crippen molar-refractivity contribution in [1.82, 2.24) is 0 Å². The van der Waals surface area contributed by atoms with Gasteiger partial charge in [-0.1, -0.05) is 13.8 Å². The number of rotatable bonds is 1. The highest BCUT2D eigenvalue weighted by Gasteiger charge is 1.97. The lowest BCUT2D eigenvalue weighted by Crippen LogP contribution is -2.24. The monoisotopic (exact) mass is 89.1 g/mol. The molecule has 0 rings (SSSR count). The molecule has 2 nitrogen and oxygen atoms in total. The van der Waals surface area contributed by atoms with Gasteiger partial charge in [0.2, 0.25) is 0 Å². The van der Waals surface area contributed by atoms with Gasteiger partial charge < -0.3 is 10.8 Å². The van der Waals surface area contributed by atoms with Crippen LogP contribution >= 0.6 is 0 Å². The average Bonchev–Trinajstić information content (AvgIpc) is 1.36. The highest BCUT2D eigenvalue weighted by atomic mass is 16.3. The number of hydrogen-bond donors (Lipinski definition) is 2. The fourth-order valence-electron chi connectivity index (χ4n) is 0. The second kappa shape index (κ2) is 2.16. The Labute approximate surface area is 38.0 Å². The third-order valence-corrected chi connectivity index (χ3v) is 0.683. The van der Waals surface area contributed by atoms with Crippen molar-refractivity contribution in [2.75, 3.05) is 0 Å². The SMILES string of the molecule is CC(C)[C@@H](N)O. The smallest absolute Gasteiger partial charge is 0.104 e. The summed E-state index contributed by atoms with van der Waals surface area (Å²) in [6, 6.07) is 0. The van der Waals surface area contributed by atoms with E-state index in [2.05, 4.69) is 0 Å². The molecule has 38 valence electrons. The van der Waals surface area contributed by atoms with E-state index in [0.29, 0.717) is 0 Å². The van der Waals surface area contributed by atoms with Crippen LogP contribution in [0.2, 0.25) is 0 Å². The Morgan fingerprint density at radius 2 is 1.67 bits per heavy atom. The molecule has 0 aliphatic heterocycles. The highest BCUT2D eigenvalue weighted by Crippen LogP contribution is 1.90. The van der Waals surface area contributed by atoms with E-state index >= 15 is 0 Å². The van der Waals surface area contributed by atoms with Crippen LogP contribution in [0.5, 0.6) is 0 Å². The second-order valence-electron chi connectivity index (χ2n) is 1.73. The molecule has 0 aliphatic rings. The van der Waals surface area contributed by atoms with Crippen LogP contribution in [0.1, 0.15) is 13.8 Å². The predicted molar refractivity (Wildman–Crippen MR) is 25.0 cm³/mol. The van der Waals surface area contributed by atoms with Gasteiger partial charge in [-0.2, -0.15) is 0 Å². The molecule has 6 heavy (non-hydrogen) atoms. The van der Waals surface area contributed by atoms with E-state index in [-0.39, 0.29) is 5.92 Å². The Morgan fingerprint density at radius 1 is 1.50 bits per heavy atom. The maximum Gasteiger partial charge on any atom is 0.104 e. The molecule has 0 aromatic carbocycles. The molecule has 0 saturated carbocycles. The quantitative estimate of drug-likeness (QED) is 0.441.